The maximum atomic E-state index is 13.2. The number of benzene rings is 2. The summed E-state index contributed by atoms with van der Waals surface area (Å²) in [5.41, 5.74) is 0.495. The van der Waals surface area contributed by atoms with Gasteiger partial charge in [0.1, 0.15) is 29.8 Å². The summed E-state index contributed by atoms with van der Waals surface area (Å²) in [5, 5.41) is 24.6. The van der Waals surface area contributed by atoms with Crippen LogP contribution in [0.15, 0.2) is 65.3 Å². The van der Waals surface area contributed by atoms with Crippen LogP contribution in [0.2, 0.25) is 0 Å². The second-order valence-corrected chi connectivity index (χ2v) is 9.50. The van der Waals surface area contributed by atoms with Gasteiger partial charge >= 0.3 is 12.1 Å². The zero-order chi connectivity index (χ0) is 26.7. The molecule has 0 bridgehead atoms. The highest BCUT2D eigenvalue weighted by Gasteiger charge is 2.54. The quantitative estimate of drug-likeness (QED) is 0.256. The molecular formula is C23H19ClN4O8S. The van der Waals surface area contributed by atoms with Gasteiger partial charge in [0.25, 0.3) is 11.6 Å². The molecule has 4 rings (SSSR count). The van der Waals surface area contributed by atoms with Gasteiger partial charge in [0, 0.05) is 17.9 Å². The maximum absolute atomic E-state index is 13.2. The van der Waals surface area contributed by atoms with E-state index in [0.717, 1.165) is 4.90 Å². The van der Waals surface area contributed by atoms with E-state index in [2.05, 4.69) is 10.6 Å². The summed E-state index contributed by atoms with van der Waals surface area (Å²) in [5.74, 6) is -2.50. The molecule has 3 N–H and O–H groups in total. The number of nitro groups is 1. The molecule has 2 aromatic carbocycles. The summed E-state index contributed by atoms with van der Waals surface area (Å²) in [7, 11) is 0. The van der Waals surface area contributed by atoms with Crippen molar-refractivity contribution in [1.82, 2.24) is 15.5 Å². The first kappa shape index (κ1) is 26.0. The monoisotopic (exact) mass is 546 g/mol. The lowest BCUT2D eigenvalue weighted by Gasteiger charge is -2.49. The van der Waals surface area contributed by atoms with Gasteiger partial charge < -0.3 is 20.5 Å². The van der Waals surface area contributed by atoms with Gasteiger partial charge in [0.2, 0.25) is 5.91 Å². The Balaban J connectivity index is 1.43. The topological polar surface area (TPSA) is 168 Å². The average molecular weight is 547 g/mol. The number of hydrogen-bond donors (Lipinski definition) is 3. The number of aliphatic carboxylic acids is 1. The largest absolute Gasteiger partial charge is 0.477 e. The number of amides is 3. The molecule has 2 heterocycles. The molecule has 2 aliphatic rings. The highest BCUT2D eigenvalue weighted by Crippen LogP contribution is 2.41. The minimum Gasteiger partial charge on any atom is -0.477 e. The summed E-state index contributed by atoms with van der Waals surface area (Å²) in [6.07, 6.45) is -0.932. The van der Waals surface area contributed by atoms with Gasteiger partial charge in [-0.25, -0.2) is 9.59 Å². The predicted octanol–water partition coefficient (Wildman–Crippen LogP) is 2.50. The Morgan fingerprint density at radius 1 is 1.19 bits per heavy atom. The fourth-order valence-electron chi connectivity index (χ4n) is 3.79. The fourth-order valence-corrected chi connectivity index (χ4v) is 5.34. The van der Waals surface area contributed by atoms with Gasteiger partial charge in [-0.1, -0.05) is 41.9 Å². The Kier molecular flexibility index (Phi) is 7.64. The van der Waals surface area contributed by atoms with Crippen molar-refractivity contribution >= 4 is 52.9 Å². The van der Waals surface area contributed by atoms with Crippen molar-refractivity contribution < 1.29 is 33.9 Å². The number of nitro benzene ring substituents is 1. The molecule has 0 spiro atoms. The molecule has 0 saturated carbocycles. The van der Waals surface area contributed by atoms with Crippen LogP contribution in [-0.4, -0.2) is 56.0 Å². The molecule has 0 aliphatic carbocycles. The maximum Gasteiger partial charge on any atom is 0.408 e. The third-order valence-electron chi connectivity index (χ3n) is 5.60. The number of hydrogen-bond acceptors (Lipinski definition) is 8. The van der Waals surface area contributed by atoms with Crippen LogP contribution in [0, 0.1) is 10.1 Å². The van der Waals surface area contributed by atoms with Gasteiger partial charge in [-0.15, -0.1) is 11.8 Å². The lowest BCUT2D eigenvalue weighted by atomic mass is 10.0. The Labute approximate surface area is 218 Å². The van der Waals surface area contributed by atoms with Crippen LogP contribution in [0.25, 0.3) is 0 Å². The Bertz CT molecular complexity index is 1290. The zero-order valence-corrected chi connectivity index (χ0v) is 20.4. The van der Waals surface area contributed by atoms with Gasteiger partial charge in [0.15, 0.2) is 0 Å². The molecule has 0 radical (unpaired) electrons. The first-order valence-electron chi connectivity index (χ1n) is 10.8. The number of carbonyl (C=O) groups is 4. The van der Waals surface area contributed by atoms with E-state index >= 15 is 0 Å². The van der Waals surface area contributed by atoms with E-state index in [9.17, 15) is 34.4 Å². The van der Waals surface area contributed by atoms with E-state index in [0.29, 0.717) is 11.1 Å². The van der Waals surface area contributed by atoms with Crippen LogP contribution in [0.5, 0.6) is 0 Å². The smallest absolute Gasteiger partial charge is 0.408 e. The lowest BCUT2D eigenvalue weighted by molar-refractivity contribution is -0.384. The second kappa shape index (κ2) is 10.9. The molecule has 14 heteroatoms. The van der Waals surface area contributed by atoms with Crippen LogP contribution in [0.4, 0.5) is 10.5 Å². The molecule has 0 aromatic heterocycles. The standard InChI is InChI=1S/C23H19ClN4O8S/c24-15-11-37-21-17(20(30)27(21)18(15)22(31)32)25-19(29)16(13-4-2-1-3-5-13)26-23(33)36-10-12-6-8-14(9-7-12)28(34)35/h1-9,16-17,21H,10-11H2,(H,25,29)(H,26,33)(H,31,32)/t16?,17?,21-/m0/s1. The Hall–Kier alpha value is -4.10. The molecule has 3 amide bonds. The van der Waals surface area contributed by atoms with Gasteiger partial charge in [0.05, 0.1) is 9.96 Å². The SMILES string of the molecule is O=C(NC(C(=O)NC1C(=O)N2C(C(=O)O)=C(Cl)CS[C@@H]12)c1ccccc1)OCc1ccc([N+](=O)[O-])cc1. The molecule has 192 valence electrons. The van der Waals surface area contributed by atoms with Crippen LogP contribution in [-0.2, 0) is 25.7 Å². The minimum atomic E-state index is -1.34. The van der Waals surface area contributed by atoms with Crippen LogP contribution >= 0.6 is 23.4 Å². The Morgan fingerprint density at radius 2 is 1.86 bits per heavy atom. The zero-order valence-electron chi connectivity index (χ0n) is 18.8. The minimum absolute atomic E-state index is 0.0338. The first-order chi connectivity index (χ1) is 17.7. The third kappa shape index (κ3) is 5.52. The number of carboxylic acids is 1. The van der Waals surface area contributed by atoms with Gasteiger partial charge in [-0.3, -0.25) is 24.6 Å². The summed E-state index contributed by atoms with van der Waals surface area (Å²) >= 11 is 7.19. The number of nitrogens with one attached hydrogen (secondary N) is 2. The fraction of sp³-hybridized carbons (Fsp3) is 0.217. The second-order valence-electron chi connectivity index (χ2n) is 7.94. The highest BCUT2D eigenvalue weighted by atomic mass is 35.5. The number of halogens is 1. The number of β-lactam (4-membered cyclic amide) rings is 1. The summed E-state index contributed by atoms with van der Waals surface area (Å²) in [4.78, 5) is 61.2. The van der Waals surface area contributed by atoms with E-state index in [1.165, 1.54) is 36.0 Å². The van der Waals surface area contributed by atoms with E-state index in [-0.39, 0.29) is 28.8 Å². The van der Waals surface area contributed by atoms with Crippen molar-refractivity contribution in [2.75, 3.05) is 5.75 Å². The lowest BCUT2D eigenvalue weighted by Crippen LogP contribution is -2.71. The number of thioether (sulfide) groups is 1. The number of carboxylic acid groups (broad SMARTS) is 1. The van der Waals surface area contributed by atoms with Crippen molar-refractivity contribution in [2.45, 2.75) is 24.1 Å². The number of ether oxygens (including phenoxy) is 1. The molecular weight excluding hydrogens is 528 g/mol. The van der Waals surface area contributed by atoms with E-state index < -0.39 is 46.3 Å². The number of fused-ring (bicyclic) bond motifs is 1. The summed E-state index contributed by atoms with van der Waals surface area (Å²) < 4.78 is 5.17. The predicted molar refractivity (Wildman–Crippen MR) is 131 cm³/mol. The van der Waals surface area contributed by atoms with E-state index in [1.54, 1.807) is 30.3 Å². The molecule has 3 atom stereocenters. The van der Waals surface area contributed by atoms with Crippen LogP contribution < -0.4 is 10.6 Å². The number of non-ortho nitro benzene ring substituents is 1. The molecule has 2 unspecified atom stereocenters. The summed E-state index contributed by atoms with van der Waals surface area (Å²) in [6.45, 7) is -0.202. The van der Waals surface area contributed by atoms with Crippen LogP contribution in [0.1, 0.15) is 17.2 Å². The van der Waals surface area contributed by atoms with Crippen molar-refractivity contribution in [3.8, 4) is 0 Å². The van der Waals surface area contributed by atoms with Crippen LogP contribution in [0.3, 0.4) is 0 Å². The Morgan fingerprint density at radius 3 is 2.49 bits per heavy atom. The normalized spacial score (nSPS) is 19.3. The first-order valence-corrected chi connectivity index (χ1v) is 12.2. The molecule has 12 nitrogen and oxygen atoms in total. The molecule has 1 saturated heterocycles. The number of alkyl carbamates (subject to hydrolysis) is 1. The molecule has 1 fully saturated rings. The van der Waals surface area contributed by atoms with Crippen molar-refractivity contribution in [2.24, 2.45) is 0 Å². The third-order valence-corrected chi connectivity index (χ3v) is 7.35. The summed E-state index contributed by atoms with van der Waals surface area (Å²) in [6, 6.07) is 11.5. The van der Waals surface area contributed by atoms with Crippen molar-refractivity contribution in [1.29, 1.82) is 0 Å². The highest BCUT2D eigenvalue weighted by molar-refractivity contribution is 8.00. The molecule has 2 aliphatic heterocycles. The van der Waals surface area contributed by atoms with Gasteiger partial charge in [-0.05, 0) is 23.3 Å². The molecule has 2 aromatic rings. The van der Waals surface area contributed by atoms with Crippen molar-refractivity contribution in [3.63, 3.8) is 0 Å². The number of nitrogens with zero attached hydrogens (tertiary/aromatic N) is 2. The molecule has 37 heavy (non-hydrogen) atoms. The number of rotatable bonds is 8. The van der Waals surface area contributed by atoms with Gasteiger partial charge in [-0.2, -0.15) is 0 Å². The number of carbonyl (C=O) groups excluding carboxylic acids is 3. The van der Waals surface area contributed by atoms with E-state index in [4.69, 9.17) is 16.3 Å². The average Bonchev–Trinajstić information content (AvgIpc) is 2.89. The van der Waals surface area contributed by atoms with Crippen molar-refractivity contribution in [3.05, 3.63) is 86.6 Å². The van der Waals surface area contributed by atoms with E-state index in [1.807, 2.05) is 0 Å².